The lowest BCUT2D eigenvalue weighted by Crippen LogP contribution is -2.31. The molecule has 0 saturated carbocycles. The van der Waals surface area contributed by atoms with Gasteiger partial charge in [-0.25, -0.2) is 9.80 Å². The third-order valence-corrected chi connectivity index (χ3v) is 6.71. The zero-order chi connectivity index (χ0) is 22.5. The van der Waals surface area contributed by atoms with E-state index < -0.39 is 18.5 Å². The highest BCUT2D eigenvalue weighted by Gasteiger charge is 2.34. The third-order valence-electron chi connectivity index (χ3n) is 4.82. The van der Waals surface area contributed by atoms with Crippen LogP contribution >= 0.6 is 22.7 Å². The Kier molecular flexibility index (Phi) is 6.77. The largest absolute Gasteiger partial charge is 0.482 e. The molecule has 1 aliphatic heterocycles. The molecule has 32 heavy (non-hydrogen) atoms. The molecule has 0 saturated heterocycles. The van der Waals surface area contributed by atoms with Crippen molar-refractivity contribution >= 4 is 46.0 Å². The number of Topliss-reactive ketones (excluding diaryl/α,β-unsaturated/α-hetero) is 1. The first-order chi connectivity index (χ1) is 15.5. The van der Waals surface area contributed by atoms with Gasteiger partial charge in [0.15, 0.2) is 19.0 Å². The lowest BCUT2D eigenvalue weighted by Gasteiger charge is -2.20. The molecule has 164 valence electrons. The molecule has 3 aromatic rings. The zero-order valence-electron chi connectivity index (χ0n) is 17.2. The van der Waals surface area contributed by atoms with Crippen molar-refractivity contribution in [1.82, 2.24) is 5.01 Å². The lowest BCUT2D eigenvalue weighted by atomic mass is 10.1. The van der Waals surface area contributed by atoms with Crippen LogP contribution in [0.2, 0.25) is 0 Å². The summed E-state index contributed by atoms with van der Waals surface area (Å²) in [5.41, 5.74) is 1.40. The van der Waals surface area contributed by atoms with Crippen molar-refractivity contribution in [3.8, 4) is 5.75 Å². The average Bonchev–Trinajstić information content (AvgIpc) is 3.56. The maximum atomic E-state index is 12.8. The summed E-state index contributed by atoms with van der Waals surface area (Å²) in [6.45, 7) is 0.709. The highest BCUT2D eigenvalue weighted by molar-refractivity contribution is 7.12. The van der Waals surface area contributed by atoms with E-state index in [2.05, 4.69) is 5.10 Å². The molecule has 0 N–H and O–H groups in total. The molecule has 0 aliphatic carbocycles. The Labute approximate surface area is 192 Å². The van der Waals surface area contributed by atoms with Gasteiger partial charge >= 0.3 is 5.97 Å². The molecule has 1 aliphatic rings. The Balaban J connectivity index is 1.34. The maximum Gasteiger partial charge on any atom is 0.344 e. The molecule has 0 bridgehead atoms. The normalized spacial score (nSPS) is 15.3. The standard InChI is InChI=1S/C23H20N2O5S2/c1-15(26)16-6-8-17(9-7-16)29-14-23(28)30-13-22(27)25-19(21-5-3-11-32-21)12-18(24-25)20-4-2-10-31-20/h2-11,19H,12-14H2,1H3. The lowest BCUT2D eigenvalue weighted by molar-refractivity contribution is -0.154. The summed E-state index contributed by atoms with van der Waals surface area (Å²) >= 11 is 3.13. The molecule has 3 heterocycles. The minimum Gasteiger partial charge on any atom is -0.482 e. The fourth-order valence-electron chi connectivity index (χ4n) is 3.21. The zero-order valence-corrected chi connectivity index (χ0v) is 18.9. The maximum absolute atomic E-state index is 12.8. The molecular formula is C23H20N2O5S2. The molecule has 1 aromatic carbocycles. The Morgan fingerprint density at radius 1 is 1.03 bits per heavy atom. The minimum atomic E-state index is -0.664. The van der Waals surface area contributed by atoms with Crippen molar-refractivity contribution in [2.45, 2.75) is 19.4 Å². The SMILES string of the molecule is CC(=O)c1ccc(OCC(=O)OCC(=O)N2N=C(c3cccs3)CC2c2cccs2)cc1. The first-order valence-corrected chi connectivity index (χ1v) is 11.6. The van der Waals surface area contributed by atoms with Crippen molar-refractivity contribution in [3.63, 3.8) is 0 Å². The van der Waals surface area contributed by atoms with Crippen LogP contribution in [0.1, 0.15) is 39.5 Å². The summed E-state index contributed by atoms with van der Waals surface area (Å²) in [5, 5.41) is 9.87. The van der Waals surface area contributed by atoms with Crippen LogP contribution in [0.5, 0.6) is 5.75 Å². The number of ether oxygens (including phenoxy) is 2. The van der Waals surface area contributed by atoms with E-state index in [1.165, 1.54) is 11.9 Å². The summed E-state index contributed by atoms with van der Waals surface area (Å²) in [4.78, 5) is 38.2. The number of ketones is 1. The van der Waals surface area contributed by atoms with Gasteiger partial charge in [-0.1, -0.05) is 12.1 Å². The van der Waals surface area contributed by atoms with E-state index in [0.717, 1.165) is 15.5 Å². The van der Waals surface area contributed by atoms with E-state index in [1.54, 1.807) is 46.9 Å². The molecular weight excluding hydrogens is 448 g/mol. The van der Waals surface area contributed by atoms with E-state index in [-0.39, 0.29) is 18.4 Å². The van der Waals surface area contributed by atoms with Gasteiger partial charge in [-0.3, -0.25) is 9.59 Å². The van der Waals surface area contributed by atoms with Crippen LogP contribution < -0.4 is 4.74 Å². The van der Waals surface area contributed by atoms with E-state index in [4.69, 9.17) is 9.47 Å². The third kappa shape index (κ3) is 5.12. The molecule has 0 fully saturated rings. The van der Waals surface area contributed by atoms with Crippen LogP contribution in [0.25, 0.3) is 0 Å². The first-order valence-electron chi connectivity index (χ1n) is 9.87. The van der Waals surface area contributed by atoms with Crippen molar-refractivity contribution < 1.29 is 23.9 Å². The minimum absolute atomic E-state index is 0.0536. The summed E-state index contributed by atoms with van der Waals surface area (Å²) in [6, 6.07) is 14.1. The number of hydrogen-bond acceptors (Lipinski definition) is 8. The van der Waals surface area contributed by atoms with Gasteiger partial charge in [0, 0.05) is 16.9 Å². The number of benzene rings is 1. The molecule has 4 rings (SSSR count). The molecule has 2 aromatic heterocycles. The Morgan fingerprint density at radius 2 is 1.78 bits per heavy atom. The number of rotatable bonds is 8. The monoisotopic (exact) mass is 468 g/mol. The van der Waals surface area contributed by atoms with Gasteiger partial charge < -0.3 is 9.47 Å². The number of nitrogens with zero attached hydrogens (tertiary/aromatic N) is 2. The first kappa shape index (κ1) is 21.9. The fraction of sp³-hybridized carbons (Fsp3) is 0.217. The average molecular weight is 469 g/mol. The second-order valence-electron chi connectivity index (χ2n) is 7.03. The number of esters is 1. The molecule has 1 amide bonds. The number of amides is 1. The fourth-order valence-corrected chi connectivity index (χ4v) is 4.75. The van der Waals surface area contributed by atoms with E-state index in [9.17, 15) is 14.4 Å². The number of carbonyl (C=O) groups is 3. The number of carbonyl (C=O) groups excluding carboxylic acids is 3. The highest BCUT2D eigenvalue weighted by atomic mass is 32.1. The Bertz CT molecular complexity index is 1120. The van der Waals surface area contributed by atoms with Crippen LogP contribution in [-0.2, 0) is 14.3 Å². The Morgan fingerprint density at radius 3 is 2.44 bits per heavy atom. The molecule has 9 heteroatoms. The van der Waals surface area contributed by atoms with Crippen LogP contribution in [-0.4, -0.2) is 41.6 Å². The van der Waals surface area contributed by atoms with Crippen LogP contribution in [0.15, 0.2) is 64.4 Å². The van der Waals surface area contributed by atoms with Gasteiger partial charge in [0.05, 0.1) is 16.6 Å². The van der Waals surface area contributed by atoms with Crippen LogP contribution in [0.3, 0.4) is 0 Å². The van der Waals surface area contributed by atoms with Crippen molar-refractivity contribution in [3.05, 3.63) is 74.6 Å². The summed E-state index contributed by atoms with van der Waals surface area (Å²) in [6.07, 6.45) is 0.611. The van der Waals surface area contributed by atoms with E-state index in [0.29, 0.717) is 17.7 Å². The second-order valence-corrected chi connectivity index (χ2v) is 8.95. The molecule has 1 atom stereocenters. The summed E-state index contributed by atoms with van der Waals surface area (Å²) in [7, 11) is 0. The molecule has 0 spiro atoms. The second kappa shape index (κ2) is 9.88. The number of hydrogen-bond donors (Lipinski definition) is 0. The van der Waals surface area contributed by atoms with Gasteiger partial charge in [-0.05, 0) is 54.1 Å². The predicted octanol–water partition coefficient (Wildman–Crippen LogP) is 4.31. The summed E-state index contributed by atoms with van der Waals surface area (Å²) in [5.74, 6) is -0.680. The van der Waals surface area contributed by atoms with Crippen molar-refractivity contribution in [1.29, 1.82) is 0 Å². The highest BCUT2D eigenvalue weighted by Crippen LogP contribution is 2.35. The van der Waals surface area contributed by atoms with Gasteiger partial charge in [-0.2, -0.15) is 5.10 Å². The van der Waals surface area contributed by atoms with E-state index >= 15 is 0 Å². The van der Waals surface area contributed by atoms with Crippen molar-refractivity contribution in [2.24, 2.45) is 5.10 Å². The number of thiophene rings is 2. The quantitative estimate of drug-likeness (QED) is 0.363. The van der Waals surface area contributed by atoms with Gasteiger partial charge in [0.25, 0.3) is 5.91 Å². The van der Waals surface area contributed by atoms with Crippen LogP contribution in [0.4, 0.5) is 0 Å². The molecule has 0 radical (unpaired) electrons. The molecule has 1 unspecified atom stereocenters. The predicted molar refractivity (Wildman–Crippen MR) is 122 cm³/mol. The van der Waals surface area contributed by atoms with Gasteiger partial charge in [0.1, 0.15) is 5.75 Å². The smallest absolute Gasteiger partial charge is 0.344 e. The van der Waals surface area contributed by atoms with Crippen LogP contribution in [0, 0.1) is 0 Å². The number of hydrazone groups is 1. The summed E-state index contributed by atoms with van der Waals surface area (Å²) < 4.78 is 10.5. The van der Waals surface area contributed by atoms with Crippen molar-refractivity contribution in [2.75, 3.05) is 13.2 Å². The van der Waals surface area contributed by atoms with Gasteiger partial charge in [0.2, 0.25) is 0 Å². The van der Waals surface area contributed by atoms with Gasteiger partial charge in [-0.15, -0.1) is 22.7 Å². The topological polar surface area (TPSA) is 85.3 Å². The van der Waals surface area contributed by atoms with E-state index in [1.807, 2.05) is 35.0 Å². The Hall–Kier alpha value is -3.30. The molecule has 7 nitrogen and oxygen atoms in total.